The Hall–Kier alpha value is -3.67. The molecule has 1 aromatic heterocycles. The van der Waals surface area contributed by atoms with Crippen LogP contribution in [0.3, 0.4) is 0 Å². The molecule has 5 N–H and O–H groups in total. The molecule has 3 aromatic rings. The van der Waals surface area contributed by atoms with Gasteiger partial charge in [0.05, 0.1) is 21.2 Å². The molecule has 4 rings (SSSR count). The average molecular weight is 495 g/mol. The molecular weight excluding hydrogens is 472 g/mol. The van der Waals surface area contributed by atoms with Gasteiger partial charge in [-0.3, -0.25) is 9.52 Å². The lowest BCUT2D eigenvalue weighted by atomic mass is 10.3. The van der Waals surface area contributed by atoms with Crippen molar-refractivity contribution in [1.29, 1.82) is 0 Å². The van der Waals surface area contributed by atoms with Gasteiger partial charge in [-0.15, -0.1) is 0 Å². The molecule has 9 nitrogen and oxygen atoms in total. The van der Waals surface area contributed by atoms with Gasteiger partial charge >= 0.3 is 0 Å². The standard InChI is InChI=1S/C23H22N6O3S2/c1-15(30)25-16-9-13-19(14-10-16)34(32)29-23-22(26-17-7-11-18(12-8-17)33(24)31)27-20-5-3-2-4-6-21(20)28-23/h3-14H,2,24H2,1H3,(H,25,30)(H,26,27)(H,28,29). The molecule has 2 unspecified atom stereocenters. The molecule has 0 radical (unpaired) electrons. The first-order valence-electron chi connectivity index (χ1n) is 10.2. The third kappa shape index (κ3) is 5.81. The maximum atomic E-state index is 13.0. The van der Waals surface area contributed by atoms with Crippen LogP contribution in [-0.4, -0.2) is 24.3 Å². The number of allylic oxidation sites excluding steroid dienone is 2. The number of carbonyl (C=O) groups excluding carboxylic acids is 1. The van der Waals surface area contributed by atoms with Crippen molar-refractivity contribution < 1.29 is 13.2 Å². The summed E-state index contributed by atoms with van der Waals surface area (Å²) in [5.74, 6) is 0.494. The maximum Gasteiger partial charge on any atom is 0.221 e. The summed E-state index contributed by atoms with van der Waals surface area (Å²) < 4.78 is 27.4. The molecule has 0 spiro atoms. The predicted molar refractivity (Wildman–Crippen MR) is 136 cm³/mol. The molecule has 11 heteroatoms. The molecular formula is C23H22N6O3S2. The third-order valence-corrected chi connectivity index (χ3v) is 6.52. The zero-order valence-corrected chi connectivity index (χ0v) is 19.8. The topological polar surface area (TPSA) is 139 Å². The van der Waals surface area contributed by atoms with Gasteiger partial charge in [0, 0.05) is 18.3 Å². The van der Waals surface area contributed by atoms with E-state index in [0.717, 1.165) is 6.42 Å². The van der Waals surface area contributed by atoms with E-state index in [9.17, 15) is 13.2 Å². The first kappa shape index (κ1) is 23.5. The number of fused-ring (bicyclic) bond motifs is 1. The lowest BCUT2D eigenvalue weighted by Crippen LogP contribution is -2.12. The minimum Gasteiger partial charge on any atom is -0.337 e. The summed E-state index contributed by atoms with van der Waals surface area (Å²) in [6.07, 6.45) is 8.46. The molecule has 0 bridgehead atoms. The number of benzene rings is 2. The lowest BCUT2D eigenvalue weighted by molar-refractivity contribution is -0.114. The quantitative estimate of drug-likeness (QED) is 0.395. The number of hydrogen-bond acceptors (Lipinski definition) is 6. The number of rotatable bonds is 7. The highest BCUT2D eigenvalue weighted by Crippen LogP contribution is 2.27. The van der Waals surface area contributed by atoms with Gasteiger partial charge in [-0.25, -0.2) is 23.5 Å². The minimum atomic E-state index is -1.64. The van der Waals surface area contributed by atoms with Crippen LogP contribution < -0.4 is 20.5 Å². The van der Waals surface area contributed by atoms with E-state index < -0.39 is 22.0 Å². The van der Waals surface area contributed by atoms with E-state index in [1.165, 1.54) is 6.92 Å². The first-order valence-corrected chi connectivity index (χ1v) is 12.6. The smallest absolute Gasteiger partial charge is 0.221 e. The second-order valence-corrected chi connectivity index (χ2v) is 9.53. The number of amides is 1. The molecule has 0 aliphatic heterocycles. The van der Waals surface area contributed by atoms with Crippen LogP contribution in [-0.2, 0) is 26.8 Å². The van der Waals surface area contributed by atoms with Gasteiger partial charge in [-0.2, -0.15) is 0 Å². The summed E-state index contributed by atoms with van der Waals surface area (Å²) in [6, 6.07) is 13.4. The van der Waals surface area contributed by atoms with Crippen molar-refractivity contribution in [3.05, 3.63) is 72.1 Å². The molecule has 174 valence electrons. The largest absolute Gasteiger partial charge is 0.337 e. The molecule has 1 amide bonds. The average Bonchev–Trinajstić information content (AvgIpc) is 3.04. The van der Waals surface area contributed by atoms with Gasteiger partial charge in [0.15, 0.2) is 22.6 Å². The van der Waals surface area contributed by atoms with E-state index in [2.05, 4.69) is 25.3 Å². The Morgan fingerprint density at radius 2 is 1.41 bits per heavy atom. The Kier molecular flexibility index (Phi) is 7.26. The number of anilines is 4. The number of nitrogens with two attached hydrogens (primary N) is 1. The molecule has 1 aliphatic carbocycles. The zero-order valence-electron chi connectivity index (χ0n) is 18.1. The van der Waals surface area contributed by atoms with Crippen molar-refractivity contribution in [2.24, 2.45) is 5.14 Å². The van der Waals surface area contributed by atoms with Crippen molar-refractivity contribution in [3.63, 3.8) is 0 Å². The zero-order chi connectivity index (χ0) is 24.1. The summed E-state index contributed by atoms with van der Waals surface area (Å²) >= 11 is 0. The van der Waals surface area contributed by atoms with Crippen LogP contribution in [0.1, 0.15) is 24.7 Å². The van der Waals surface area contributed by atoms with Crippen LogP contribution in [0, 0.1) is 0 Å². The fraction of sp³-hybridized carbons (Fsp3) is 0.0870. The van der Waals surface area contributed by atoms with Crippen molar-refractivity contribution in [2.75, 3.05) is 15.4 Å². The van der Waals surface area contributed by atoms with Gasteiger partial charge in [-0.05, 0) is 67.1 Å². The Morgan fingerprint density at radius 1 is 0.853 bits per heavy atom. The van der Waals surface area contributed by atoms with Crippen LogP contribution in [0.15, 0.2) is 70.5 Å². The third-order valence-electron chi connectivity index (χ3n) is 4.70. The van der Waals surface area contributed by atoms with Crippen LogP contribution >= 0.6 is 0 Å². The van der Waals surface area contributed by atoms with E-state index in [1.807, 2.05) is 24.3 Å². The number of nitrogens with zero attached hydrogens (tertiary/aromatic N) is 2. The normalized spacial score (nSPS) is 13.9. The van der Waals surface area contributed by atoms with Crippen molar-refractivity contribution in [1.82, 2.24) is 9.97 Å². The highest BCUT2D eigenvalue weighted by atomic mass is 32.2. The first-order chi connectivity index (χ1) is 16.4. The summed E-state index contributed by atoms with van der Waals surface area (Å²) in [4.78, 5) is 21.5. The molecule has 34 heavy (non-hydrogen) atoms. The van der Waals surface area contributed by atoms with Gasteiger partial charge < -0.3 is 10.6 Å². The highest BCUT2D eigenvalue weighted by Gasteiger charge is 2.16. The van der Waals surface area contributed by atoms with Crippen LogP contribution in [0.5, 0.6) is 0 Å². The second-order valence-electron chi connectivity index (χ2n) is 7.25. The van der Waals surface area contributed by atoms with E-state index in [4.69, 9.17) is 5.14 Å². The minimum absolute atomic E-state index is 0.184. The monoisotopic (exact) mass is 494 g/mol. The predicted octanol–water partition coefficient (Wildman–Crippen LogP) is 3.72. The van der Waals surface area contributed by atoms with Gasteiger partial charge in [0.1, 0.15) is 11.0 Å². The van der Waals surface area contributed by atoms with Crippen molar-refractivity contribution in [2.45, 2.75) is 23.1 Å². The van der Waals surface area contributed by atoms with Gasteiger partial charge in [-0.1, -0.05) is 12.2 Å². The van der Waals surface area contributed by atoms with Crippen molar-refractivity contribution >= 4 is 63.0 Å². The van der Waals surface area contributed by atoms with Crippen LogP contribution in [0.2, 0.25) is 0 Å². The van der Waals surface area contributed by atoms with Crippen molar-refractivity contribution in [3.8, 4) is 0 Å². The molecule has 0 fully saturated rings. The summed E-state index contributed by atoms with van der Waals surface area (Å²) in [7, 11) is -3.22. The second kappa shape index (κ2) is 10.5. The summed E-state index contributed by atoms with van der Waals surface area (Å²) in [5, 5.41) is 11.3. The van der Waals surface area contributed by atoms with Crippen LogP contribution in [0.4, 0.5) is 23.0 Å². The molecule has 2 atom stereocenters. The van der Waals surface area contributed by atoms with Gasteiger partial charge in [0.25, 0.3) is 0 Å². The molecule has 2 aromatic carbocycles. The number of nitrogens with one attached hydrogen (secondary N) is 3. The Morgan fingerprint density at radius 3 is 2.00 bits per heavy atom. The molecule has 0 saturated heterocycles. The fourth-order valence-corrected chi connectivity index (χ4v) is 4.35. The van der Waals surface area contributed by atoms with E-state index in [0.29, 0.717) is 44.2 Å². The molecule has 1 aliphatic rings. The molecule has 0 saturated carbocycles. The Balaban J connectivity index is 1.64. The molecule has 1 heterocycles. The number of aromatic nitrogens is 2. The maximum absolute atomic E-state index is 13.0. The highest BCUT2D eigenvalue weighted by molar-refractivity contribution is 7.86. The van der Waals surface area contributed by atoms with Crippen LogP contribution in [0.25, 0.3) is 12.2 Å². The fourth-order valence-electron chi connectivity index (χ4n) is 3.12. The Bertz CT molecular complexity index is 1320. The SMILES string of the molecule is CC(=O)Nc1ccc(S(=O)Nc2nc3c(nc2Nc2ccc(S(N)=O)cc2)C=CCC=C3)cc1. The number of hydrogen-bond donors (Lipinski definition) is 4. The lowest BCUT2D eigenvalue weighted by Gasteiger charge is -2.14. The Labute approximate surface area is 201 Å². The van der Waals surface area contributed by atoms with E-state index in [1.54, 1.807) is 48.5 Å². The summed E-state index contributed by atoms with van der Waals surface area (Å²) in [6.45, 7) is 1.42. The summed E-state index contributed by atoms with van der Waals surface area (Å²) in [5.41, 5.74) is 2.60. The number of carbonyl (C=O) groups is 1. The van der Waals surface area contributed by atoms with E-state index in [-0.39, 0.29) is 5.91 Å². The van der Waals surface area contributed by atoms with E-state index >= 15 is 0 Å². The van der Waals surface area contributed by atoms with Gasteiger partial charge in [0.2, 0.25) is 5.91 Å².